The van der Waals surface area contributed by atoms with Gasteiger partial charge in [-0.2, -0.15) is 0 Å². The van der Waals surface area contributed by atoms with Crippen LogP contribution in [0.25, 0.3) is 0 Å². The second kappa shape index (κ2) is 9.09. The minimum absolute atomic E-state index is 0.0898. The van der Waals surface area contributed by atoms with Gasteiger partial charge in [0.25, 0.3) is 0 Å². The lowest BCUT2D eigenvalue weighted by atomic mass is 9.46. The Bertz CT molecular complexity index is 985. The summed E-state index contributed by atoms with van der Waals surface area (Å²) in [7, 11) is -4.54. The summed E-state index contributed by atoms with van der Waals surface area (Å²) in [4.78, 5) is 55.5. The molecule has 0 aromatic rings. The van der Waals surface area contributed by atoms with E-state index in [4.69, 9.17) is 14.0 Å². The van der Waals surface area contributed by atoms with Gasteiger partial charge >= 0.3 is 19.8 Å². The summed E-state index contributed by atoms with van der Waals surface area (Å²) in [5, 5.41) is 0. The van der Waals surface area contributed by atoms with Crippen LogP contribution >= 0.6 is 7.82 Å². The van der Waals surface area contributed by atoms with Crippen molar-refractivity contribution in [3.05, 3.63) is 11.6 Å². The quantitative estimate of drug-likeness (QED) is 0.309. The van der Waals surface area contributed by atoms with Crippen LogP contribution in [-0.2, 0) is 32.9 Å². The van der Waals surface area contributed by atoms with Gasteiger partial charge < -0.3 is 19.3 Å². The fourth-order valence-electron chi connectivity index (χ4n) is 8.12. The Morgan fingerprint density at radius 2 is 1.71 bits per heavy atom. The Morgan fingerprint density at radius 1 is 1.03 bits per heavy atom. The van der Waals surface area contributed by atoms with Gasteiger partial charge in [0, 0.05) is 19.3 Å². The van der Waals surface area contributed by atoms with Crippen LogP contribution in [0.4, 0.5) is 0 Å². The fourth-order valence-corrected chi connectivity index (χ4v) is 8.69. The van der Waals surface area contributed by atoms with Crippen LogP contribution in [0.2, 0.25) is 0 Å². The minimum Gasteiger partial charge on any atom is -0.458 e. The van der Waals surface area contributed by atoms with E-state index in [9.17, 15) is 28.7 Å². The SMILES string of the molecule is CC(=O)OCC(=O)[C@@]1(OC(C)=O)CC[C@@H]2[C@H]3CC=C4C[C@@H](OP(=O)(O)O)CC[C@]4(C)[C@@H]3CC[C@@]21C. The van der Waals surface area contributed by atoms with Gasteiger partial charge in [0.15, 0.2) is 12.2 Å². The first-order valence-corrected chi connectivity index (χ1v) is 14.0. The number of rotatable bonds is 6. The van der Waals surface area contributed by atoms with Crippen molar-refractivity contribution < 1.29 is 42.7 Å². The Balaban J connectivity index is 1.61. The largest absolute Gasteiger partial charge is 0.469 e. The standard InChI is InChI=1S/C25H37O9P/c1-15(26)32-14-22(28)25(33-16(2)27)12-9-21-19-6-5-17-13-18(34-35(29,30)31)7-10-23(17,3)20(19)8-11-24(21,25)4/h5,18-21H,6-14H2,1-4H3,(H2,29,30,31)/t18-,19-,20+,21+,23-,24-,25-/m0/s1. The number of phosphoric ester groups is 1. The van der Waals surface area contributed by atoms with Gasteiger partial charge in [-0.3, -0.25) is 18.9 Å². The molecule has 4 aliphatic carbocycles. The zero-order valence-corrected chi connectivity index (χ0v) is 21.8. The number of allylic oxidation sites excluding steroid dienone is 1. The first kappa shape index (κ1) is 26.5. The summed E-state index contributed by atoms with van der Waals surface area (Å²) in [5.74, 6) is -0.559. The first-order valence-electron chi connectivity index (χ1n) is 12.5. The van der Waals surface area contributed by atoms with Crippen LogP contribution in [0.5, 0.6) is 0 Å². The number of hydrogen-bond acceptors (Lipinski definition) is 7. The van der Waals surface area contributed by atoms with Crippen molar-refractivity contribution in [2.75, 3.05) is 6.61 Å². The first-order chi connectivity index (χ1) is 16.2. The summed E-state index contributed by atoms with van der Waals surface area (Å²) in [6.07, 6.45) is 7.18. The van der Waals surface area contributed by atoms with E-state index >= 15 is 0 Å². The van der Waals surface area contributed by atoms with Crippen LogP contribution in [0, 0.1) is 28.6 Å². The molecule has 196 valence electrons. The average molecular weight is 513 g/mol. The molecule has 3 fully saturated rings. The Morgan fingerprint density at radius 3 is 2.34 bits per heavy atom. The van der Waals surface area contributed by atoms with Crippen LogP contribution in [0.1, 0.15) is 79.1 Å². The second-order valence-corrected chi connectivity index (χ2v) is 12.5. The van der Waals surface area contributed by atoms with Gasteiger partial charge in [-0.05, 0) is 74.5 Å². The molecule has 0 aliphatic heterocycles. The highest BCUT2D eigenvalue weighted by atomic mass is 31.2. The van der Waals surface area contributed by atoms with Crippen LogP contribution in [0.15, 0.2) is 11.6 Å². The Labute approximate surface area is 206 Å². The molecule has 7 atom stereocenters. The third-order valence-corrected chi connectivity index (χ3v) is 10.2. The molecule has 0 aromatic heterocycles. The molecule has 0 bridgehead atoms. The van der Waals surface area contributed by atoms with Crippen molar-refractivity contribution >= 4 is 25.5 Å². The summed E-state index contributed by atoms with van der Waals surface area (Å²) >= 11 is 0. The van der Waals surface area contributed by atoms with Gasteiger partial charge in [0.05, 0.1) is 6.10 Å². The maximum atomic E-state index is 13.4. The highest BCUT2D eigenvalue weighted by Gasteiger charge is 2.68. The molecular weight excluding hydrogens is 475 g/mol. The summed E-state index contributed by atoms with van der Waals surface area (Å²) in [5.41, 5.74) is -0.737. The van der Waals surface area contributed by atoms with E-state index in [1.54, 1.807) is 0 Å². The number of Topliss-reactive ketones (excluding diaryl/α,β-unsaturated/α-hetero) is 1. The maximum absolute atomic E-state index is 13.4. The number of carbonyl (C=O) groups excluding carboxylic acids is 3. The van der Waals surface area contributed by atoms with E-state index in [0.717, 1.165) is 25.7 Å². The van der Waals surface area contributed by atoms with Gasteiger partial charge in [-0.1, -0.05) is 25.5 Å². The zero-order valence-electron chi connectivity index (χ0n) is 21.0. The molecule has 3 saturated carbocycles. The van der Waals surface area contributed by atoms with Crippen LogP contribution < -0.4 is 0 Å². The molecular formula is C25H37O9P. The molecule has 2 N–H and O–H groups in total. The lowest BCUT2D eigenvalue weighted by Crippen LogP contribution is -2.59. The number of esters is 2. The van der Waals surface area contributed by atoms with E-state index in [2.05, 4.69) is 19.9 Å². The normalized spacial score (nSPS) is 40.6. The van der Waals surface area contributed by atoms with Crippen molar-refractivity contribution in [2.45, 2.75) is 90.8 Å². The van der Waals surface area contributed by atoms with E-state index < -0.39 is 43.5 Å². The average Bonchev–Trinajstić information content (AvgIpc) is 3.04. The third kappa shape index (κ3) is 4.54. The number of hydrogen-bond donors (Lipinski definition) is 2. The zero-order chi connectivity index (χ0) is 25.8. The number of carbonyl (C=O) groups is 3. The van der Waals surface area contributed by atoms with Gasteiger partial charge in [-0.15, -0.1) is 0 Å². The highest BCUT2D eigenvalue weighted by Crippen LogP contribution is 2.68. The van der Waals surface area contributed by atoms with Gasteiger partial charge in [-0.25, -0.2) is 4.57 Å². The van der Waals surface area contributed by atoms with Crippen LogP contribution in [0.3, 0.4) is 0 Å². The van der Waals surface area contributed by atoms with Gasteiger partial charge in [0.1, 0.15) is 0 Å². The molecule has 0 aromatic carbocycles. The predicted octanol–water partition coefficient (Wildman–Crippen LogP) is 3.86. The van der Waals surface area contributed by atoms with Gasteiger partial charge in [0.2, 0.25) is 5.78 Å². The summed E-state index contributed by atoms with van der Waals surface area (Å²) in [6, 6.07) is 0. The highest BCUT2D eigenvalue weighted by molar-refractivity contribution is 7.46. The van der Waals surface area contributed by atoms with E-state index in [0.29, 0.717) is 37.5 Å². The van der Waals surface area contributed by atoms with E-state index in [1.165, 1.54) is 19.4 Å². The molecule has 4 rings (SSSR count). The second-order valence-electron chi connectivity index (χ2n) is 11.3. The molecule has 0 radical (unpaired) electrons. The number of phosphoric acid groups is 1. The number of ketones is 1. The van der Waals surface area contributed by atoms with Crippen molar-refractivity contribution in [3.8, 4) is 0 Å². The maximum Gasteiger partial charge on any atom is 0.469 e. The molecule has 0 amide bonds. The molecule has 0 unspecified atom stereocenters. The van der Waals surface area contributed by atoms with Crippen molar-refractivity contribution in [2.24, 2.45) is 28.6 Å². The summed E-state index contributed by atoms with van der Waals surface area (Å²) in [6.45, 7) is 6.48. The molecule has 35 heavy (non-hydrogen) atoms. The summed E-state index contributed by atoms with van der Waals surface area (Å²) < 4.78 is 27.3. The molecule has 0 spiro atoms. The number of fused-ring (bicyclic) bond motifs is 5. The lowest BCUT2D eigenvalue weighted by Gasteiger charge is -2.59. The molecule has 0 heterocycles. The topological polar surface area (TPSA) is 136 Å². The molecule has 9 nitrogen and oxygen atoms in total. The van der Waals surface area contributed by atoms with Crippen LogP contribution in [-0.4, -0.2) is 45.8 Å². The lowest BCUT2D eigenvalue weighted by molar-refractivity contribution is -0.190. The number of ether oxygens (including phenoxy) is 2. The molecule has 10 heteroatoms. The van der Waals surface area contributed by atoms with E-state index in [1.807, 2.05) is 0 Å². The third-order valence-electron chi connectivity index (χ3n) is 9.64. The molecule has 4 aliphatic rings. The van der Waals surface area contributed by atoms with Crippen molar-refractivity contribution in [1.29, 1.82) is 0 Å². The predicted molar refractivity (Wildman–Crippen MR) is 125 cm³/mol. The smallest absolute Gasteiger partial charge is 0.458 e. The van der Waals surface area contributed by atoms with E-state index in [-0.39, 0.29) is 17.1 Å². The minimum atomic E-state index is -4.54. The Kier molecular flexibility index (Phi) is 6.89. The fraction of sp³-hybridized carbons (Fsp3) is 0.800. The monoisotopic (exact) mass is 512 g/mol. The van der Waals surface area contributed by atoms with Crippen molar-refractivity contribution in [1.82, 2.24) is 0 Å². The Hall–Kier alpha value is -1.54. The molecule has 0 saturated heterocycles. The van der Waals surface area contributed by atoms with Crippen molar-refractivity contribution in [3.63, 3.8) is 0 Å².